The smallest absolute Gasteiger partial charge is 0.317 e. The molecule has 140 valence electrons. The van der Waals surface area contributed by atoms with E-state index in [-0.39, 0.29) is 11.9 Å². The van der Waals surface area contributed by atoms with Gasteiger partial charge in [0.15, 0.2) is 5.82 Å². The molecule has 1 aromatic rings. The number of hydrogen-bond donors (Lipinski definition) is 1. The molecule has 7 heteroatoms. The number of likely N-dealkylation sites (tertiary alicyclic amines) is 2. The Balaban J connectivity index is 1.40. The van der Waals surface area contributed by atoms with Crippen LogP contribution in [-0.2, 0) is 0 Å². The molecule has 0 aliphatic carbocycles. The molecule has 0 saturated carbocycles. The van der Waals surface area contributed by atoms with Crippen molar-refractivity contribution in [2.24, 2.45) is 5.92 Å². The summed E-state index contributed by atoms with van der Waals surface area (Å²) in [7, 11) is 0. The molecule has 2 aliphatic rings. The van der Waals surface area contributed by atoms with E-state index in [1.165, 1.54) is 12.8 Å². The van der Waals surface area contributed by atoms with Crippen LogP contribution in [0.1, 0.15) is 57.2 Å². The van der Waals surface area contributed by atoms with E-state index in [0.29, 0.717) is 24.3 Å². The number of amides is 2. The lowest BCUT2D eigenvalue weighted by Gasteiger charge is -2.36. The molecular weight excluding hydrogens is 318 g/mol. The number of nitrogens with one attached hydrogen (secondary N) is 1. The average Bonchev–Trinajstić information content (AvgIpc) is 3.06. The summed E-state index contributed by atoms with van der Waals surface area (Å²) < 4.78 is 5.27. The maximum absolute atomic E-state index is 12.4. The monoisotopic (exact) mass is 349 g/mol. The van der Waals surface area contributed by atoms with Crippen LogP contribution in [0.3, 0.4) is 0 Å². The fraction of sp³-hybridized carbons (Fsp3) is 0.833. The Labute approximate surface area is 150 Å². The predicted molar refractivity (Wildman–Crippen MR) is 95.4 cm³/mol. The van der Waals surface area contributed by atoms with Crippen molar-refractivity contribution >= 4 is 6.03 Å². The summed E-state index contributed by atoms with van der Waals surface area (Å²) in [5.74, 6) is 2.43. The third-order valence-corrected chi connectivity index (χ3v) is 5.54. The van der Waals surface area contributed by atoms with Crippen molar-refractivity contribution in [3.8, 4) is 0 Å². The van der Waals surface area contributed by atoms with E-state index in [1.54, 1.807) is 0 Å². The lowest BCUT2D eigenvalue weighted by Crippen LogP contribution is -2.50. The van der Waals surface area contributed by atoms with Gasteiger partial charge in [-0.2, -0.15) is 4.98 Å². The molecule has 2 fully saturated rings. The summed E-state index contributed by atoms with van der Waals surface area (Å²) in [6.07, 6.45) is 4.36. The zero-order valence-corrected chi connectivity index (χ0v) is 15.7. The van der Waals surface area contributed by atoms with E-state index < -0.39 is 0 Å². The largest absolute Gasteiger partial charge is 0.339 e. The minimum atomic E-state index is 0.0528. The highest BCUT2D eigenvalue weighted by molar-refractivity contribution is 5.74. The first kappa shape index (κ1) is 18.2. The minimum absolute atomic E-state index is 0.0528. The standard InChI is InChI=1S/C18H31N5O2/c1-13-5-4-8-23(12-13)14(2)11-19-18(24)22-9-6-16(7-10-22)17-20-15(3)21-25-17/h13-14,16H,4-12H2,1-3H3,(H,19,24). The number of rotatable bonds is 4. The third-order valence-electron chi connectivity index (χ3n) is 5.54. The molecule has 7 nitrogen and oxygen atoms in total. The Morgan fingerprint density at radius 3 is 2.72 bits per heavy atom. The highest BCUT2D eigenvalue weighted by atomic mass is 16.5. The summed E-state index contributed by atoms with van der Waals surface area (Å²) >= 11 is 0. The van der Waals surface area contributed by atoms with Gasteiger partial charge in [0.1, 0.15) is 0 Å². The van der Waals surface area contributed by atoms with Crippen molar-refractivity contribution in [1.82, 2.24) is 25.3 Å². The molecule has 0 aromatic carbocycles. The van der Waals surface area contributed by atoms with Gasteiger partial charge in [0.2, 0.25) is 5.89 Å². The van der Waals surface area contributed by atoms with Gasteiger partial charge in [-0.15, -0.1) is 0 Å². The van der Waals surface area contributed by atoms with Crippen LogP contribution in [0.15, 0.2) is 4.52 Å². The number of carbonyl (C=O) groups excluding carboxylic acids is 1. The van der Waals surface area contributed by atoms with Crippen LogP contribution in [0.25, 0.3) is 0 Å². The first-order valence-corrected chi connectivity index (χ1v) is 9.60. The second-order valence-corrected chi connectivity index (χ2v) is 7.72. The molecule has 1 N–H and O–H groups in total. The Bertz CT molecular complexity index is 568. The van der Waals surface area contributed by atoms with Gasteiger partial charge in [0.25, 0.3) is 0 Å². The fourth-order valence-corrected chi connectivity index (χ4v) is 3.91. The molecule has 0 spiro atoms. The number of urea groups is 1. The second kappa shape index (κ2) is 8.17. The molecule has 0 radical (unpaired) electrons. The van der Waals surface area contributed by atoms with Crippen molar-refractivity contribution < 1.29 is 9.32 Å². The number of piperidine rings is 2. The number of nitrogens with zero attached hydrogens (tertiary/aromatic N) is 4. The molecule has 25 heavy (non-hydrogen) atoms. The van der Waals surface area contributed by atoms with E-state index in [1.807, 2.05) is 11.8 Å². The summed E-state index contributed by atoms with van der Waals surface area (Å²) in [4.78, 5) is 21.2. The number of aromatic nitrogens is 2. The van der Waals surface area contributed by atoms with Crippen LogP contribution in [0.5, 0.6) is 0 Å². The van der Waals surface area contributed by atoms with Crippen molar-refractivity contribution in [1.29, 1.82) is 0 Å². The Hall–Kier alpha value is -1.63. The fourth-order valence-electron chi connectivity index (χ4n) is 3.91. The van der Waals surface area contributed by atoms with Crippen LogP contribution in [-0.4, -0.2) is 64.7 Å². The Morgan fingerprint density at radius 1 is 1.32 bits per heavy atom. The Morgan fingerprint density at radius 2 is 2.08 bits per heavy atom. The zero-order valence-electron chi connectivity index (χ0n) is 15.7. The van der Waals surface area contributed by atoms with Crippen molar-refractivity contribution in [3.63, 3.8) is 0 Å². The quantitative estimate of drug-likeness (QED) is 0.903. The van der Waals surface area contributed by atoms with E-state index in [0.717, 1.165) is 44.9 Å². The van der Waals surface area contributed by atoms with Crippen LogP contribution in [0, 0.1) is 12.8 Å². The first-order valence-electron chi connectivity index (χ1n) is 9.60. The average molecular weight is 349 g/mol. The molecular formula is C18H31N5O2. The summed E-state index contributed by atoms with van der Waals surface area (Å²) in [5, 5.41) is 6.98. The van der Waals surface area contributed by atoms with E-state index in [4.69, 9.17) is 4.52 Å². The molecule has 2 amide bonds. The predicted octanol–water partition coefficient (Wildman–Crippen LogP) is 2.39. The Kier molecular flexibility index (Phi) is 5.93. The lowest BCUT2D eigenvalue weighted by molar-refractivity contribution is 0.132. The van der Waals surface area contributed by atoms with E-state index >= 15 is 0 Å². The molecule has 3 heterocycles. The molecule has 2 aliphatic heterocycles. The zero-order chi connectivity index (χ0) is 17.8. The second-order valence-electron chi connectivity index (χ2n) is 7.72. The lowest BCUT2D eigenvalue weighted by atomic mass is 9.97. The molecule has 2 unspecified atom stereocenters. The minimum Gasteiger partial charge on any atom is -0.339 e. The van der Waals surface area contributed by atoms with Gasteiger partial charge in [-0.3, -0.25) is 4.90 Å². The van der Waals surface area contributed by atoms with Crippen LogP contribution in [0.2, 0.25) is 0 Å². The van der Waals surface area contributed by atoms with Gasteiger partial charge in [-0.25, -0.2) is 4.79 Å². The van der Waals surface area contributed by atoms with Crippen molar-refractivity contribution in [2.75, 3.05) is 32.7 Å². The van der Waals surface area contributed by atoms with Gasteiger partial charge in [-0.1, -0.05) is 12.1 Å². The van der Waals surface area contributed by atoms with Crippen LogP contribution < -0.4 is 5.32 Å². The maximum atomic E-state index is 12.4. The molecule has 3 rings (SSSR count). The normalized spacial score (nSPS) is 24.3. The topological polar surface area (TPSA) is 74.5 Å². The summed E-state index contributed by atoms with van der Waals surface area (Å²) in [6, 6.07) is 0.447. The van der Waals surface area contributed by atoms with E-state index in [2.05, 4.69) is 34.2 Å². The highest BCUT2D eigenvalue weighted by Crippen LogP contribution is 2.26. The molecule has 2 saturated heterocycles. The number of hydrogen-bond acceptors (Lipinski definition) is 5. The van der Waals surface area contributed by atoms with Gasteiger partial charge in [0.05, 0.1) is 0 Å². The number of aryl methyl sites for hydroxylation is 1. The SMILES string of the molecule is Cc1noc(C2CCN(C(=O)NCC(C)N3CCCC(C)C3)CC2)n1. The first-order chi connectivity index (χ1) is 12.0. The summed E-state index contributed by atoms with van der Waals surface area (Å²) in [5.41, 5.74) is 0. The highest BCUT2D eigenvalue weighted by Gasteiger charge is 2.28. The van der Waals surface area contributed by atoms with Gasteiger partial charge in [0, 0.05) is 38.1 Å². The number of carbonyl (C=O) groups is 1. The summed E-state index contributed by atoms with van der Waals surface area (Å²) in [6.45, 7) is 10.9. The van der Waals surface area contributed by atoms with Crippen molar-refractivity contribution in [2.45, 2.75) is 58.4 Å². The van der Waals surface area contributed by atoms with Gasteiger partial charge >= 0.3 is 6.03 Å². The van der Waals surface area contributed by atoms with Crippen LogP contribution in [0.4, 0.5) is 4.79 Å². The van der Waals surface area contributed by atoms with Gasteiger partial charge < -0.3 is 14.7 Å². The maximum Gasteiger partial charge on any atom is 0.317 e. The van der Waals surface area contributed by atoms with E-state index in [9.17, 15) is 4.79 Å². The van der Waals surface area contributed by atoms with Gasteiger partial charge in [-0.05, 0) is 52.0 Å². The van der Waals surface area contributed by atoms with Crippen molar-refractivity contribution in [3.05, 3.63) is 11.7 Å². The van der Waals surface area contributed by atoms with Crippen LogP contribution >= 0.6 is 0 Å². The molecule has 0 bridgehead atoms. The third kappa shape index (κ3) is 4.71. The molecule has 2 atom stereocenters. The molecule has 1 aromatic heterocycles.